The maximum atomic E-state index is 12.4. The highest BCUT2D eigenvalue weighted by Crippen LogP contribution is 2.33. The van der Waals surface area contributed by atoms with Crippen LogP contribution in [0, 0.1) is 0 Å². The van der Waals surface area contributed by atoms with E-state index >= 15 is 0 Å². The highest BCUT2D eigenvalue weighted by molar-refractivity contribution is 8.14. The molecule has 38 heavy (non-hydrogen) atoms. The maximum Gasteiger partial charge on any atom is 0.573 e. The largest absolute Gasteiger partial charge is 0.573 e. The fourth-order valence-electron chi connectivity index (χ4n) is 3.91. The van der Waals surface area contributed by atoms with Gasteiger partial charge < -0.3 is 14.4 Å². The van der Waals surface area contributed by atoms with Crippen molar-refractivity contribution in [2.45, 2.75) is 12.5 Å². The van der Waals surface area contributed by atoms with E-state index in [-0.39, 0.29) is 11.9 Å². The second-order valence-corrected chi connectivity index (χ2v) is 9.24. The van der Waals surface area contributed by atoms with Crippen molar-refractivity contribution >= 4 is 40.9 Å². The fourth-order valence-corrected chi connectivity index (χ4v) is 4.82. The third kappa shape index (κ3) is 6.09. The lowest BCUT2D eigenvalue weighted by Crippen LogP contribution is -2.33. The number of aliphatic imine (C=N–C) groups is 1. The van der Waals surface area contributed by atoms with Crippen LogP contribution in [0.2, 0.25) is 0 Å². The predicted molar refractivity (Wildman–Crippen MR) is 144 cm³/mol. The number of thioether (sulfide) groups is 1. The molecule has 0 aliphatic carbocycles. The van der Waals surface area contributed by atoms with Crippen LogP contribution in [0.5, 0.6) is 11.5 Å². The molecule has 1 unspecified atom stereocenters. The molecule has 8 nitrogen and oxygen atoms in total. The van der Waals surface area contributed by atoms with Crippen molar-refractivity contribution in [3.63, 3.8) is 0 Å². The normalized spacial score (nSPS) is 18.6. The molecule has 0 saturated carbocycles. The van der Waals surface area contributed by atoms with Crippen molar-refractivity contribution in [2.24, 2.45) is 15.2 Å². The number of anilines is 2. The highest BCUT2D eigenvalue weighted by Gasteiger charge is 2.31. The van der Waals surface area contributed by atoms with E-state index in [4.69, 9.17) is 4.74 Å². The van der Waals surface area contributed by atoms with Gasteiger partial charge in [0.15, 0.2) is 5.17 Å². The lowest BCUT2D eigenvalue weighted by atomic mass is 10.1. The first-order valence-corrected chi connectivity index (χ1v) is 12.6. The summed E-state index contributed by atoms with van der Waals surface area (Å²) in [4.78, 5) is 6.54. The third-order valence-electron chi connectivity index (χ3n) is 5.70. The SMILES string of the molecule is COc1ccccc1N1CCS/C1=N\N=C\c1ccc(C2N=CN(c3ccc(OC(F)(F)F)cc3)N2)cc1. The standard InChI is InChI=1S/C26H23F3N6O2S/c1-36-23-5-3-2-4-22(23)34-14-15-38-25(34)32-31-16-18-6-8-19(9-7-18)24-30-17-35(33-24)20-10-12-21(13-11-20)37-26(27,28)29/h2-13,16-17,24,33H,14-15H2,1H3/b31-16+,32-25-. The summed E-state index contributed by atoms with van der Waals surface area (Å²) in [6.45, 7) is 0.825. The molecule has 1 fully saturated rings. The highest BCUT2D eigenvalue weighted by atomic mass is 32.2. The van der Waals surface area contributed by atoms with Gasteiger partial charge in [-0.15, -0.1) is 18.3 Å². The minimum absolute atomic E-state index is 0.282. The molecule has 5 rings (SSSR count). The van der Waals surface area contributed by atoms with Crippen molar-refractivity contribution in [1.29, 1.82) is 0 Å². The van der Waals surface area contributed by atoms with E-state index in [0.29, 0.717) is 5.69 Å². The van der Waals surface area contributed by atoms with Crippen LogP contribution >= 0.6 is 11.8 Å². The van der Waals surface area contributed by atoms with Gasteiger partial charge in [-0.1, -0.05) is 48.2 Å². The van der Waals surface area contributed by atoms with Crippen molar-refractivity contribution in [2.75, 3.05) is 29.3 Å². The summed E-state index contributed by atoms with van der Waals surface area (Å²) in [6, 6.07) is 21.1. The molecule has 196 valence electrons. The first-order valence-electron chi connectivity index (χ1n) is 11.6. The molecule has 0 bridgehead atoms. The molecular weight excluding hydrogens is 517 g/mol. The molecule has 1 N–H and O–H groups in total. The van der Waals surface area contributed by atoms with Gasteiger partial charge >= 0.3 is 6.36 Å². The van der Waals surface area contributed by atoms with Gasteiger partial charge in [0, 0.05) is 12.3 Å². The molecule has 1 atom stereocenters. The van der Waals surface area contributed by atoms with Crippen LogP contribution in [0.4, 0.5) is 24.5 Å². The third-order valence-corrected chi connectivity index (χ3v) is 6.64. The number of para-hydroxylation sites is 2. The summed E-state index contributed by atoms with van der Waals surface area (Å²) in [5.41, 5.74) is 6.57. The molecule has 0 spiro atoms. The quantitative estimate of drug-likeness (QED) is 0.311. The van der Waals surface area contributed by atoms with Crippen LogP contribution < -0.4 is 24.8 Å². The second kappa shape index (κ2) is 11.2. The van der Waals surface area contributed by atoms with Crippen LogP contribution in [0.25, 0.3) is 0 Å². The van der Waals surface area contributed by atoms with E-state index in [1.807, 2.05) is 48.5 Å². The van der Waals surface area contributed by atoms with E-state index in [1.165, 1.54) is 24.3 Å². The predicted octanol–water partition coefficient (Wildman–Crippen LogP) is 5.59. The Morgan fingerprint density at radius 3 is 2.55 bits per heavy atom. The molecule has 3 aromatic carbocycles. The van der Waals surface area contributed by atoms with Gasteiger partial charge in [0.25, 0.3) is 0 Å². The van der Waals surface area contributed by atoms with E-state index in [0.717, 1.165) is 40.0 Å². The number of ether oxygens (including phenoxy) is 2. The number of nitrogens with one attached hydrogen (secondary N) is 1. The number of methoxy groups -OCH3 is 1. The van der Waals surface area contributed by atoms with E-state index in [1.54, 1.807) is 36.4 Å². The minimum atomic E-state index is -4.73. The Kier molecular flexibility index (Phi) is 7.52. The van der Waals surface area contributed by atoms with Gasteiger partial charge in [-0.05, 0) is 47.5 Å². The van der Waals surface area contributed by atoms with E-state index < -0.39 is 6.36 Å². The lowest BCUT2D eigenvalue weighted by Gasteiger charge is -2.19. The average Bonchev–Trinajstić information content (AvgIpc) is 3.59. The zero-order valence-electron chi connectivity index (χ0n) is 20.2. The summed E-state index contributed by atoms with van der Waals surface area (Å²) in [5, 5.41) is 11.2. The van der Waals surface area contributed by atoms with Gasteiger partial charge in [0.2, 0.25) is 0 Å². The summed E-state index contributed by atoms with van der Waals surface area (Å²) in [6.07, 6.45) is -1.78. The molecule has 0 radical (unpaired) electrons. The van der Waals surface area contributed by atoms with Gasteiger partial charge in [-0.25, -0.2) is 4.99 Å². The van der Waals surface area contributed by atoms with E-state index in [2.05, 4.69) is 30.3 Å². The Morgan fingerprint density at radius 2 is 1.82 bits per heavy atom. The van der Waals surface area contributed by atoms with Crippen molar-refractivity contribution in [3.05, 3.63) is 83.9 Å². The molecular formula is C26H23F3N6O2S. The lowest BCUT2D eigenvalue weighted by molar-refractivity contribution is -0.274. The van der Waals surface area contributed by atoms with Crippen molar-refractivity contribution in [1.82, 2.24) is 5.43 Å². The number of alkyl halides is 3. The van der Waals surface area contributed by atoms with E-state index in [9.17, 15) is 13.2 Å². The molecule has 0 aromatic heterocycles. The fraction of sp³-hybridized carbons (Fsp3) is 0.192. The van der Waals surface area contributed by atoms with Crippen LogP contribution in [0.1, 0.15) is 17.3 Å². The zero-order chi connectivity index (χ0) is 26.5. The Hall–Kier alpha value is -4.03. The molecule has 0 amide bonds. The van der Waals surface area contributed by atoms with Gasteiger partial charge in [0.05, 0.1) is 24.7 Å². The van der Waals surface area contributed by atoms with Crippen LogP contribution in [0.15, 0.2) is 88.0 Å². The van der Waals surface area contributed by atoms with Gasteiger partial charge in [-0.3, -0.25) is 5.01 Å². The number of benzene rings is 3. The summed E-state index contributed by atoms with van der Waals surface area (Å²) in [5.74, 6) is 1.42. The first kappa shape index (κ1) is 25.6. The number of hydrazine groups is 1. The Labute approximate surface area is 221 Å². The summed E-state index contributed by atoms with van der Waals surface area (Å²) < 4.78 is 46.5. The summed E-state index contributed by atoms with van der Waals surface area (Å²) >= 11 is 1.64. The maximum absolute atomic E-state index is 12.4. The monoisotopic (exact) mass is 540 g/mol. The van der Waals surface area contributed by atoms with Gasteiger partial charge in [0.1, 0.15) is 24.0 Å². The molecule has 2 heterocycles. The average molecular weight is 541 g/mol. The zero-order valence-corrected chi connectivity index (χ0v) is 21.0. The molecule has 1 saturated heterocycles. The number of nitrogens with zero attached hydrogens (tertiary/aromatic N) is 5. The minimum Gasteiger partial charge on any atom is -0.495 e. The second-order valence-electron chi connectivity index (χ2n) is 8.17. The molecule has 12 heteroatoms. The number of amidine groups is 1. The number of hydrogen-bond donors (Lipinski definition) is 1. The Morgan fingerprint density at radius 1 is 1.05 bits per heavy atom. The van der Waals surface area contributed by atoms with Crippen LogP contribution in [-0.4, -0.2) is 43.5 Å². The Bertz CT molecular complexity index is 1350. The topological polar surface area (TPSA) is 74.0 Å². The van der Waals surface area contributed by atoms with Gasteiger partial charge in [-0.2, -0.15) is 10.5 Å². The molecule has 2 aliphatic rings. The Balaban J connectivity index is 1.19. The van der Waals surface area contributed by atoms with Crippen LogP contribution in [-0.2, 0) is 0 Å². The first-order chi connectivity index (χ1) is 18.4. The van der Waals surface area contributed by atoms with Crippen LogP contribution in [0.3, 0.4) is 0 Å². The molecule has 2 aliphatic heterocycles. The number of halogens is 3. The number of rotatable bonds is 7. The number of hydrogen-bond acceptors (Lipinski definition) is 8. The van der Waals surface area contributed by atoms with Crippen molar-refractivity contribution < 1.29 is 22.6 Å². The van der Waals surface area contributed by atoms with Crippen molar-refractivity contribution in [3.8, 4) is 11.5 Å². The summed E-state index contributed by atoms with van der Waals surface area (Å²) in [7, 11) is 1.65. The smallest absolute Gasteiger partial charge is 0.495 e. The molecule has 3 aromatic rings.